The van der Waals surface area contributed by atoms with Crippen LogP contribution < -0.4 is 5.43 Å². The van der Waals surface area contributed by atoms with Gasteiger partial charge in [-0.05, 0) is 31.2 Å². The van der Waals surface area contributed by atoms with E-state index in [-0.39, 0.29) is 16.9 Å². The van der Waals surface area contributed by atoms with Gasteiger partial charge in [0.15, 0.2) is 11.0 Å². The van der Waals surface area contributed by atoms with E-state index in [1.807, 2.05) is 0 Å². The van der Waals surface area contributed by atoms with Crippen molar-refractivity contribution in [1.29, 1.82) is 0 Å². The zero-order chi connectivity index (χ0) is 13.5. The third-order valence-electron chi connectivity index (χ3n) is 1.97. The molecule has 0 atom stereocenters. The fourth-order valence-electron chi connectivity index (χ4n) is 1.09. The quantitative estimate of drug-likeness (QED) is 0.506. The van der Waals surface area contributed by atoms with Crippen LogP contribution in [-0.2, 0) is 9.53 Å². The van der Waals surface area contributed by atoms with Gasteiger partial charge in [-0.3, -0.25) is 10.2 Å². The van der Waals surface area contributed by atoms with Crippen molar-refractivity contribution in [3.63, 3.8) is 0 Å². The fraction of sp³-hybridized carbons (Fsp3) is 0.250. The molecule has 0 saturated carbocycles. The Hall–Kier alpha value is -1.88. The summed E-state index contributed by atoms with van der Waals surface area (Å²) in [5, 5.41) is 3.54. The lowest BCUT2D eigenvalue weighted by atomic mass is 10.2. The normalized spacial score (nSPS) is 10.9. The van der Waals surface area contributed by atoms with E-state index in [0.717, 1.165) is 0 Å². The Morgan fingerprint density at radius 1 is 1.33 bits per heavy atom. The standard InChI is InChI=1S/C12H13ClN2O3/c1-3-18-12(17)9-4-6-10(7-5-9)14-15-11(13)8(2)16/h4-7,14H,3H2,1-2H3. The SMILES string of the molecule is CCOC(=O)c1ccc(NN=C(Cl)C(C)=O)cc1. The summed E-state index contributed by atoms with van der Waals surface area (Å²) in [6.45, 7) is 3.39. The number of benzene rings is 1. The third kappa shape index (κ3) is 4.18. The van der Waals surface area contributed by atoms with Crippen molar-refractivity contribution >= 4 is 34.2 Å². The predicted molar refractivity (Wildman–Crippen MR) is 70.0 cm³/mol. The van der Waals surface area contributed by atoms with Crippen molar-refractivity contribution in [1.82, 2.24) is 0 Å². The summed E-state index contributed by atoms with van der Waals surface area (Å²) in [6, 6.07) is 6.47. The number of ketones is 1. The Labute approximate surface area is 110 Å². The highest BCUT2D eigenvalue weighted by atomic mass is 35.5. The monoisotopic (exact) mass is 268 g/mol. The molecule has 0 radical (unpaired) electrons. The minimum absolute atomic E-state index is 0.135. The van der Waals surface area contributed by atoms with Crippen LogP contribution in [0.4, 0.5) is 5.69 Å². The predicted octanol–water partition coefficient (Wildman–Crippen LogP) is 2.42. The summed E-state index contributed by atoms with van der Waals surface area (Å²) in [5.74, 6) is -0.707. The van der Waals surface area contributed by atoms with Crippen LogP contribution in [0.15, 0.2) is 29.4 Å². The highest BCUT2D eigenvalue weighted by Crippen LogP contribution is 2.10. The smallest absolute Gasteiger partial charge is 0.338 e. The van der Waals surface area contributed by atoms with E-state index in [4.69, 9.17) is 16.3 Å². The molecule has 1 aromatic carbocycles. The Morgan fingerprint density at radius 2 is 1.94 bits per heavy atom. The Bertz CT molecular complexity index is 469. The maximum atomic E-state index is 11.4. The molecule has 6 heteroatoms. The molecular weight excluding hydrogens is 256 g/mol. The lowest BCUT2D eigenvalue weighted by Crippen LogP contribution is -2.05. The van der Waals surface area contributed by atoms with Crippen LogP contribution in [0.2, 0.25) is 0 Å². The Balaban J connectivity index is 2.69. The number of carbonyl (C=O) groups excluding carboxylic acids is 2. The number of carbonyl (C=O) groups is 2. The third-order valence-corrected chi connectivity index (χ3v) is 2.32. The molecule has 0 unspecified atom stereocenters. The molecule has 0 bridgehead atoms. The van der Waals surface area contributed by atoms with Crippen LogP contribution in [0.25, 0.3) is 0 Å². The fourth-order valence-corrected chi connectivity index (χ4v) is 1.13. The number of halogens is 1. The van der Waals surface area contributed by atoms with Crippen molar-refractivity contribution in [3.05, 3.63) is 29.8 Å². The van der Waals surface area contributed by atoms with Crippen LogP contribution in [0.1, 0.15) is 24.2 Å². The second-order valence-corrected chi connectivity index (χ2v) is 3.73. The highest BCUT2D eigenvalue weighted by molar-refractivity contribution is 6.82. The molecule has 1 rings (SSSR count). The molecular formula is C12H13ClN2O3. The van der Waals surface area contributed by atoms with Gasteiger partial charge < -0.3 is 4.74 Å². The van der Waals surface area contributed by atoms with Crippen LogP contribution in [-0.4, -0.2) is 23.5 Å². The van der Waals surface area contributed by atoms with Gasteiger partial charge in [-0.1, -0.05) is 11.6 Å². The number of nitrogens with zero attached hydrogens (tertiary/aromatic N) is 1. The lowest BCUT2D eigenvalue weighted by molar-refractivity contribution is -0.110. The topological polar surface area (TPSA) is 67.8 Å². The van der Waals surface area contributed by atoms with Gasteiger partial charge in [0.1, 0.15) is 0 Å². The number of anilines is 1. The number of hydrogen-bond donors (Lipinski definition) is 1. The van der Waals surface area contributed by atoms with Crippen LogP contribution in [0.3, 0.4) is 0 Å². The van der Waals surface area contributed by atoms with Gasteiger partial charge >= 0.3 is 5.97 Å². The average molecular weight is 269 g/mol. The van der Waals surface area contributed by atoms with E-state index >= 15 is 0 Å². The first-order valence-corrected chi connectivity index (χ1v) is 5.69. The van der Waals surface area contributed by atoms with E-state index in [0.29, 0.717) is 17.9 Å². The van der Waals surface area contributed by atoms with E-state index in [9.17, 15) is 9.59 Å². The second-order valence-electron chi connectivity index (χ2n) is 3.37. The van der Waals surface area contributed by atoms with Gasteiger partial charge in [0, 0.05) is 6.92 Å². The first-order chi connectivity index (χ1) is 8.54. The molecule has 0 aliphatic heterocycles. The summed E-state index contributed by atoms with van der Waals surface area (Å²) < 4.78 is 4.84. The maximum absolute atomic E-state index is 11.4. The van der Waals surface area contributed by atoms with Crippen molar-refractivity contribution in [2.24, 2.45) is 5.10 Å². The minimum atomic E-state index is -0.380. The molecule has 1 N–H and O–H groups in total. The van der Waals surface area contributed by atoms with Gasteiger partial charge in [0.2, 0.25) is 0 Å². The Morgan fingerprint density at radius 3 is 2.44 bits per heavy atom. The van der Waals surface area contributed by atoms with Crippen molar-refractivity contribution in [2.75, 3.05) is 12.0 Å². The van der Waals surface area contributed by atoms with E-state index in [2.05, 4.69) is 10.5 Å². The lowest BCUT2D eigenvalue weighted by Gasteiger charge is -2.03. The summed E-state index contributed by atoms with van der Waals surface area (Å²) >= 11 is 5.55. The summed E-state index contributed by atoms with van der Waals surface area (Å²) in [7, 11) is 0. The van der Waals surface area contributed by atoms with Crippen molar-refractivity contribution < 1.29 is 14.3 Å². The van der Waals surface area contributed by atoms with Crippen LogP contribution in [0, 0.1) is 0 Å². The molecule has 0 spiro atoms. The number of nitrogens with one attached hydrogen (secondary N) is 1. The van der Waals surface area contributed by atoms with Crippen LogP contribution in [0.5, 0.6) is 0 Å². The number of ether oxygens (including phenoxy) is 1. The highest BCUT2D eigenvalue weighted by Gasteiger charge is 2.05. The van der Waals surface area contributed by atoms with Gasteiger partial charge in [-0.25, -0.2) is 4.79 Å². The molecule has 96 valence electrons. The molecule has 0 saturated heterocycles. The molecule has 0 aromatic heterocycles. The maximum Gasteiger partial charge on any atom is 0.338 e. The summed E-state index contributed by atoms with van der Waals surface area (Å²) in [6.07, 6.45) is 0. The molecule has 0 amide bonds. The van der Waals surface area contributed by atoms with Gasteiger partial charge in [0.25, 0.3) is 0 Å². The van der Waals surface area contributed by atoms with Crippen molar-refractivity contribution in [2.45, 2.75) is 13.8 Å². The van der Waals surface area contributed by atoms with E-state index in [1.165, 1.54) is 6.92 Å². The zero-order valence-electron chi connectivity index (χ0n) is 10.1. The first-order valence-electron chi connectivity index (χ1n) is 5.32. The number of hydrazone groups is 1. The molecule has 0 aliphatic carbocycles. The second kappa shape index (κ2) is 6.76. The molecule has 1 aromatic rings. The average Bonchev–Trinajstić information content (AvgIpc) is 2.36. The van der Waals surface area contributed by atoms with Crippen molar-refractivity contribution in [3.8, 4) is 0 Å². The van der Waals surface area contributed by atoms with E-state index in [1.54, 1.807) is 31.2 Å². The Kier molecular flexibility index (Phi) is 5.32. The van der Waals surface area contributed by atoms with Gasteiger partial charge in [-0.15, -0.1) is 0 Å². The first kappa shape index (κ1) is 14.2. The molecule has 18 heavy (non-hydrogen) atoms. The molecule has 5 nitrogen and oxygen atoms in total. The molecule has 0 heterocycles. The van der Waals surface area contributed by atoms with Gasteiger partial charge in [-0.2, -0.15) is 5.10 Å². The number of hydrogen-bond acceptors (Lipinski definition) is 5. The van der Waals surface area contributed by atoms with Gasteiger partial charge in [0.05, 0.1) is 17.9 Å². The largest absolute Gasteiger partial charge is 0.462 e. The number of esters is 1. The summed E-state index contributed by atoms with van der Waals surface area (Å²) in [4.78, 5) is 22.2. The molecule has 0 fully saturated rings. The minimum Gasteiger partial charge on any atom is -0.462 e. The zero-order valence-corrected chi connectivity index (χ0v) is 10.8. The summed E-state index contributed by atoms with van der Waals surface area (Å²) in [5.41, 5.74) is 3.67. The number of rotatable bonds is 5. The van der Waals surface area contributed by atoms with Crippen LogP contribution >= 0.6 is 11.6 Å². The molecule has 0 aliphatic rings. The van der Waals surface area contributed by atoms with E-state index < -0.39 is 0 Å². The number of Topliss-reactive ketones (excluding diaryl/α,β-unsaturated/α-hetero) is 1.